The molecule has 1 saturated carbocycles. The Kier molecular flexibility index (Phi) is 4.43. The predicted molar refractivity (Wildman–Crippen MR) is 91.3 cm³/mol. The molecule has 122 valence electrons. The van der Waals surface area contributed by atoms with E-state index in [1.54, 1.807) is 0 Å². The molecule has 1 aliphatic rings. The van der Waals surface area contributed by atoms with Crippen LogP contribution >= 0.6 is 0 Å². The highest BCUT2D eigenvalue weighted by atomic mass is 16.4. The molecule has 0 radical (unpaired) electrons. The smallest absolute Gasteiger partial charge is 0.314 e. The number of aliphatic carboxylic acids is 1. The number of hydrogen-bond donors (Lipinski definition) is 1. The maximum Gasteiger partial charge on any atom is 0.314 e. The fraction of sp³-hybridized carbons (Fsp3) is 0.650. The van der Waals surface area contributed by atoms with Crippen molar-refractivity contribution in [1.29, 1.82) is 0 Å². The minimum Gasteiger partial charge on any atom is -0.481 e. The molecule has 0 heterocycles. The number of carboxylic acid groups (broad SMARTS) is 1. The van der Waals surface area contributed by atoms with Gasteiger partial charge in [-0.3, -0.25) is 4.79 Å². The van der Waals surface area contributed by atoms with E-state index in [9.17, 15) is 9.90 Å². The number of carbonyl (C=O) groups is 1. The standard InChI is InChI=1S/C20H30O2/c1-18(2,3)14-19(4,5)15-8-10-16(11-9-15)20(17(21)22)12-6-7-13-20/h8-11H,6-7,12-14H2,1-5H3,(H,21,22). The molecule has 0 aliphatic heterocycles. The number of carboxylic acids is 1. The van der Waals surface area contributed by atoms with Gasteiger partial charge in [-0.2, -0.15) is 0 Å². The lowest BCUT2D eigenvalue weighted by Crippen LogP contribution is -2.32. The van der Waals surface area contributed by atoms with Crippen LogP contribution in [0.25, 0.3) is 0 Å². The first kappa shape index (κ1) is 17.1. The molecular formula is C20H30O2. The van der Waals surface area contributed by atoms with Crippen molar-refractivity contribution < 1.29 is 9.90 Å². The number of rotatable bonds is 4. The fourth-order valence-electron chi connectivity index (χ4n) is 4.27. The van der Waals surface area contributed by atoms with Gasteiger partial charge in [0.15, 0.2) is 0 Å². The van der Waals surface area contributed by atoms with E-state index >= 15 is 0 Å². The maximum atomic E-state index is 11.8. The van der Waals surface area contributed by atoms with Gasteiger partial charge in [0.2, 0.25) is 0 Å². The molecule has 2 nitrogen and oxygen atoms in total. The van der Waals surface area contributed by atoms with E-state index in [0.29, 0.717) is 0 Å². The van der Waals surface area contributed by atoms with Gasteiger partial charge in [0.25, 0.3) is 0 Å². The van der Waals surface area contributed by atoms with Gasteiger partial charge < -0.3 is 5.11 Å². The molecule has 1 fully saturated rings. The van der Waals surface area contributed by atoms with Gasteiger partial charge in [-0.25, -0.2) is 0 Å². The van der Waals surface area contributed by atoms with Gasteiger partial charge in [-0.1, -0.05) is 71.7 Å². The molecule has 0 spiro atoms. The summed E-state index contributed by atoms with van der Waals surface area (Å²) in [7, 11) is 0. The molecule has 0 saturated heterocycles. The van der Waals surface area contributed by atoms with Crippen molar-refractivity contribution in [1.82, 2.24) is 0 Å². The van der Waals surface area contributed by atoms with Crippen LogP contribution in [-0.4, -0.2) is 11.1 Å². The third-order valence-corrected chi connectivity index (χ3v) is 5.06. The van der Waals surface area contributed by atoms with Gasteiger partial charge in [0, 0.05) is 0 Å². The summed E-state index contributed by atoms with van der Waals surface area (Å²) in [5.41, 5.74) is 2.00. The molecule has 1 aliphatic carbocycles. The Balaban J connectivity index is 2.29. The van der Waals surface area contributed by atoms with E-state index in [1.165, 1.54) is 5.56 Å². The van der Waals surface area contributed by atoms with Crippen LogP contribution in [0.4, 0.5) is 0 Å². The molecule has 1 aromatic rings. The van der Waals surface area contributed by atoms with Gasteiger partial charge in [-0.15, -0.1) is 0 Å². The molecule has 2 heteroatoms. The number of hydrogen-bond acceptors (Lipinski definition) is 1. The van der Waals surface area contributed by atoms with Gasteiger partial charge in [0.05, 0.1) is 5.41 Å². The van der Waals surface area contributed by atoms with E-state index in [0.717, 1.165) is 37.7 Å². The molecule has 0 amide bonds. The van der Waals surface area contributed by atoms with Crippen molar-refractivity contribution in [2.24, 2.45) is 5.41 Å². The summed E-state index contributed by atoms with van der Waals surface area (Å²) in [5.74, 6) is -0.660. The fourth-order valence-corrected chi connectivity index (χ4v) is 4.27. The minimum absolute atomic E-state index is 0.100. The zero-order valence-corrected chi connectivity index (χ0v) is 14.7. The van der Waals surface area contributed by atoms with Crippen molar-refractivity contribution in [2.75, 3.05) is 0 Å². The summed E-state index contributed by atoms with van der Waals surface area (Å²) in [6.07, 6.45) is 4.68. The SMILES string of the molecule is CC(C)(C)CC(C)(C)c1ccc(C2(C(=O)O)CCCC2)cc1. The molecule has 0 bridgehead atoms. The van der Waals surface area contributed by atoms with Crippen molar-refractivity contribution in [3.63, 3.8) is 0 Å². The second kappa shape index (κ2) is 5.72. The third kappa shape index (κ3) is 3.37. The summed E-state index contributed by atoms with van der Waals surface area (Å²) < 4.78 is 0. The van der Waals surface area contributed by atoms with Crippen LogP contribution in [0.3, 0.4) is 0 Å². The molecule has 1 N–H and O–H groups in total. The molecule has 1 aromatic carbocycles. The van der Waals surface area contributed by atoms with Gasteiger partial charge >= 0.3 is 5.97 Å². The topological polar surface area (TPSA) is 37.3 Å². The number of benzene rings is 1. The van der Waals surface area contributed by atoms with Crippen molar-refractivity contribution >= 4 is 5.97 Å². The Morgan fingerprint density at radius 1 is 1.05 bits per heavy atom. The van der Waals surface area contributed by atoms with E-state index in [-0.39, 0.29) is 10.8 Å². The van der Waals surface area contributed by atoms with Crippen molar-refractivity contribution in [3.05, 3.63) is 35.4 Å². The average Bonchev–Trinajstić information content (AvgIpc) is 2.86. The first-order chi connectivity index (χ1) is 10.1. The highest BCUT2D eigenvalue weighted by Gasteiger charge is 2.43. The summed E-state index contributed by atoms with van der Waals surface area (Å²) >= 11 is 0. The molecule has 0 unspecified atom stereocenters. The van der Waals surface area contributed by atoms with E-state index in [1.807, 2.05) is 0 Å². The first-order valence-electron chi connectivity index (χ1n) is 8.41. The molecule has 0 aromatic heterocycles. The highest BCUT2D eigenvalue weighted by molar-refractivity contribution is 5.81. The van der Waals surface area contributed by atoms with Crippen molar-refractivity contribution in [3.8, 4) is 0 Å². The third-order valence-electron chi connectivity index (χ3n) is 5.06. The Morgan fingerprint density at radius 3 is 1.95 bits per heavy atom. The second-order valence-electron chi connectivity index (χ2n) is 8.79. The maximum absolute atomic E-state index is 11.8. The first-order valence-corrected chi connectivity index (χ1v) is 8.41. The van der Waals surface area contributed by atoms with Crippen LogP contribution in [0, 0.1) is 5.41 Å². The summed E-state index contributed by atoms with van der Waals surface area (Å²) in [6, 6.07) is 8.40. The van der Waals surface area contributed by atoms with Crippen LogP contribution in [-0.2, 0) is 15.6 Å². The highest BCUT2D eigenvalue weighted by Crippen LogP contribution is 2.42. The largest absolute Gasteiger partial charge is 0.481 e. The van der Waals surface area contributed by atoms with Crippen LogP contribution in [0.2, 0.25) is 0 Å². The van der Waals surface area contributed by atoms with Crippen LogP contribution in [0.15, 0.2) is 24.3 Å². The lowest BCUT2D eigenvalue weighted by atomic mass is 9.71. The molecular weight excluding hydrogens is 272 g/mol. The van der Waals surface area contributed by atoms with E-state index < -0.39 is 11.4 Å². The zero-order chi connectivity index (χ0) is 16.6. The van der Waals surface area contributed by atoms with E-state index in [2.05, 4.69) is 58.9 Å². The second-order valence-corrected chi connectivity index (χ2v) is 8.79. The Morgan fingerprint density at radius 2 is 1.55 bits per heavy atom. The lowest BCUT2D eigenvalue weighted by Gasteiger charge is -2.33. The average molecular weight is 302 g/mol. The summed E-state index contributed by atoms with van der Waals surface area (Å²) in [6.45, 7) is 11.3. The van der Waals surface area contributed by atoms with Gasteiger partial charge in [0.1, 0.15) is 0 Å². The quantitative estimate of drug-likeness (QED) is 0.819. The van der Waals surface area contributed by atoms with Crippen LogP contribution in [0.5, 0.6) is 0 Å². The lowest BCUT2D eigenvalue weighted by molar-refractivity contribution is -0.143. The van der Waals surface area contributed by atoms with Gasteiger partial charge in [-0.05, 0) is 41.2 Å². The molecule has 0 atom stereocenters. The van der Waals surface area contributed by atoms with Crippen LogP contribution in [0.1, 0.15) is 77.8 Å². The predicted octanol–water partition coefficient (Wildman–Crippen LogP) is 5.30. The summed E-state index contributed by atoms with van der Waals surface area (Å²) in [5, 5.41) is 9.70. The minimum atomic E-state index is -0.660. The Hall–Kier alpha value is -1.31. The molecule has 22 heavy (non-hydrogen) atoms. The van der Waals surface area contributed by atoms with Crippen molar-refractivity contribution in [2.45, 2.75) is 77.6 Å². The van der Waals surface area contributed by atoms with Crippen LogP contribution < -0.4 is 0 Å². The monoisotopic (exact) mass is 302 g/mol. The molecule has 2 rings (SSSR count). The zero-order valence-electron chi connectivity index (χ0n) is 14.7. The Bertz CT molecular complexity index is 526. The normalized spacial score (nSPS) is 18.4. The Labute approximate surface area is 134 Å². The summed E-state index contributed by atoms with van der Waals surface area (Å²) in [4.78, 5) is 11.8. The van der Waals surface area contributed by atoms with E-state index in [4.69, 9.17) is 0 Å².